The molecular formula is C24H22ClN3O6. The van der Waals surface area contributed by atoms with Gasteiger partial charge in [-0.1, -0.05) is 47.1 Å². The molecule has 0 radical (unpaired) electrons. The standard InChI is InChI=1S/C24H22ClN3O6/c1-14(18-4-2-3-5-19(18)25)34-23(32)26-12-17-13-33-28-20(17)15-6-8-16(9-7-15)21(29)27-24(10-11-24)22(30)31/h2-9,13-14H,10-12H2,1H3,(H,26,32)(H,27,29)(H,30,31). The quantitative estimate of drug-likeness (QED) is 0.434. The van der Waals surface area contributed by atoms with Crippen molar-refractivity contribution >= 4 is 29.6 Å². The third kappa shape index (κ3) is 5.04. The number of ether oxygens (including phenoxy) is 1. The molecule has 1 heterocycles. The van der Waals surface area contributed by atoms with Crippen LogP contribution in [0.2, 0.25) is 5.02 Å². The summed E-state index contributed by atoms with van der Waals surface area (Å²) in [6.07, 6.45) is 1.09. The molecule has 1 unspecified atom stereocenters. The van der Waals surface area contributed by atoms with Crippen LogP contribution in [0.5, 0.6) is 0 Å². The summed E-state index contributed by atoms with van der Waals surface area (Å²) in [7, 11) is 0. The molecule has 9 nitrogen and oxygen atoms in total. The van der Waals surface area contributed by atoms with Gasteiger partial charge in [-0.25, -0.2) is 9.59 Å². The number of amides is 2. The zero-order chi connectivity index (χ0) is 24.3. The number of hydrogen-bond donors (Lipinski definition) is 3. The summed E-state index contributed by atoms with van der Waals surface area (Å²) in [6, 6.07) is 13.6. The fourth-order valence-corrected chi connectivity index (χ4v) is 3.73. The maximum absolute atomic E-state index is 12.4. The third-order valence-electron chi connectivity index (χ3n) is 5.63. The zero-order valence-electron chi connectivity index (χ0n) is 18.2. The van der Waals surface area contributed by atoms with E-state index in [-0.39, 0.29) is 6.54 Å². The van der Waals surface area contributed by atoms with Gasteiger partial charge in [0, 0.05) is 27.3 Å². The molecule has 1 saturated carbocycles. The molecule has 0 bridgehead atoms. The van der Waals surface area contributed by atoms with Gasteiger partial charge in [0.25, 0.3) is 5.91 Å². The molecule has 3 N–H and O–H groups in total. The molecule has 0 spiro atoms. The number of nitrogens with zero attached hydrogens (tertiary/aromatic N) is 1. The molecule has 0 aliphatic heterocycles. The van der Waals surface area contributed by atoms with Crippen molar-refractivity contribution in [1.29, 1.82) is 0 Å². The first kappa shape index (κ1) is 23.3. The molecule has 4 rings (SSSR count). The predicted octanol–water partition coefficient (Wildman–Crippen LogP) is 4.33. The highest BCUT2D eigenvalue weighted by Gasteiger charge is 2.51. The molecule has 10 heteroatoms. The Morgan fingerprint density at radius 3 is 2.53 bits per heavy atom. The lowest BCUT2D eigenvalue weighted by atomic mass is 10.1. The van der Waals surface area contributed by atoms with Gasteiger partial charge in [0.15, 0.2) is 0 Å². The number of nitrogens with one attached hydrogen (secondary N) is 2. The zero-order valence-corrected chi connectivity index (χ0v) is 19.0. The number of rotatable bonds is 8. The Morgan fingerprint density at radius 1 is 1.18 bits per heavy atom. The smallest absolute Gasteiger partial charge is 0.408 e. The molecule has 1 aliphatic rings. The fraction of sp³-hybridized carbons (Fsp3) is 0.250. The summed E-state index contributed by atoms with van der Waals surface area (Å²) >= 11 is 6.14. The highest BCUT2D eigenvalue weighted by molar-refractivity contribution is 6.31. The number of carboxylic acids is 1. The number of halogens is 1. The van der Waals surface area contributed by atoms with Crippen molar-refractivity contribution in [2.24, 2.45) is 0 Å². The maximum Gasteiger partial charge on any atom is 0.408 e. The number of aliphatic carboxylic acids is 1. The number of carbonyl (C=O) groups is 3. The predicted molar refractivity (Wildman–Crippen MR) is 122 cm³/mol. The van der Waals surface area contributed by atoms with Crippen molar-refractivity contribution in [3.63, 3.8) is 0 Å². The third-order valence-corrected chi connectivity index (χ3v) is 5.97. The molecule has 2 aromatic carbocycles. The van der Waals surface area contributed by atoms with Gasteiger partial charge in [0.2, 0.25) is 0 Å². The van der Waals surface area contributed by atoms with E-state index in [4.69, 9.17) is 20.9 Å². The van der Waals surface area contributed by atoms with E-state index in [0.717, 1.165) is 0 Å². The first-order valence-electron chi connectivity index (χ1n) is 10.6. The van der Waals surface area contributed by atoms with Crippen LogP contribution in [0.3, 0.4) is 0 Å². The summed E-state index contributed by atoms with van der Waals surface area (Å²) in [5.41, 5.74) is 1.65. The van der Waals surface area contributed by atoms with Crippen LogP contribution in [0.15, 0.2) is 59.3 Å². The van der Waals surface area contributed by atoms with Crippen LogP contribution in [-0.4, -0.2) is 33.8 Å². The van der Waals surface area contributed by atoms with Crippen molar-refractivity contribution in [3.8, 4) is 11.3 Å². The average molecular weight is 484 g/mol. The second kappa shape index (κ2) is 9.56. The number of hydrogen-bond acceptors (Lipinski definition) is 6. The SMILES string of the molecule is CC(OC(=O)NCc1conc1-c1ccc(C(=O)NC2(C(=O)O)CC2)cc1)c1ccccc1Cl. The van der Waals surface area contributed by atoms with Crippen molar-refractivity contribution in [2.45, 2.75) is 38.0 Å². The van der Waals surface area contributed by atoms with Crippen LogP contribution in [0.25, 0.3) is 11.3 Å². The molecule has 1 aliphatic carbocycles. The lowest BCUT2D eigenvalue weighted by Gasteiger charge is -2.15. The summed E-state index contributed by atoms with van der Waals surface area (Å²) < 4.78 is 10.5. The fourth-order valence-electron chi connectivity index (χ4n) is 3.44. The molecule has 1 aromatic heterocycles. The average Bonchev–Trinajstić information content (AvgIpc) is 3.45. The normalized spacial score (nSPS) is 14.6. The Labute approximate surface area is 200 Å². The van der Waals surface area contributed by atoms with Crippen molar-refractivity contribution in [3.05, 3.63) is 76.5 Å². The van der Waals surface area contributed by atoms with E-state index in [1.807, 2.05) is 6.07 Å². The number of benzene rings is 2. The van der Waals surface area contributed by atoms with Gasteiger partial charge < -0.3 is 25.0 Å². The van der Waals surface area contributed by atoms with Gasteiger partial charge in [0.1, 0.15) is 23.6 Å². The molecule has 176 valence electrons. The van der Waals surface area contributed by atoms with Crippen LogP contribution in [0, 0.1) is 0 Å². The second-order valence-corrected chi connectivity index (χ2v) is 8.44. The van der Waals surface area contributed by atoms with Crippen molar-refractivity contribution in [2.75, 3.05) is 0 Å². The van der Waals surface area contributed by atoms with E-state index in [2.05, 4.69) is 15.8 Å². The Kier molecular flexibility index (Phi) is 6.56. The molecule has 1 atom stereocenters. The van der Waals surface area contributed by atoms with Crippen molar-refractivity contribution < 1.29 is 28.8 Å². The van der Waals surface area contributed by atoms with E-state index in [1.165, 1.54) is 6.26 Å². The van der Waals surface area contributed by atoms with Crippen LogP contribution in [0.1, 0.15) is 47.4 Å². The lowest BCUT2D eigenvalue weighted by Crippen LogP contribution is -2.43. The van der Waals surface area contributed by atoms with E-state index in [0.29, 0.717) is 45.8 Å². The monoisotopic (exact) mass is 483 g/mol. The summed E-state index contributed by atoms with van der Waals surface area (Å²) in [6.45, 7) is 1.83. The van der Waals surface area contributed by atoms with Gasteiger partial charge >= 0.3 is 12.1 Å². The summed E-state index contributed by atoms with van der Waals surface area (Å²) in [5.74, 6) is -1.49. The molecular weight excluding hydrogens is 462 g/mol. The highest BCUT2D eigenvalue weighted by Crippen LogP contribution is 2.36. The van der Waals surface area contributed by atoms with Crippen LogP contribution >= 0.6 is 11.6 Å². The minimum absolute atomic E-state index is 0.107. The van der Waals surface area contributed by atoms with Crippen molar-refractivity contribution in [1.82, 2.24) is 15.8 Å². The van der Waals surface area contributed by atoms with Crippen LogP contribution in [-0.2, 0) is 16.1 Å². The highest BCUT2D eigenvalue weighted by atomic mass is 35.5. The van der Waals surface area contributed by atoms with Gasteiger partial charge in [-0.05, 0) is 38.0 Å². The number of aromatic nitrogens is 1. The molecule has 0 saturated heterocycles. The summed E-state index contributed by atoms with van der Waals surface area (Å²) in [5, 5.41) is 19.0. The minimum atomic E-state index is -1.15. The van der Waals surface area contributed by atoms with E-state index in [9.17, 15) is 19.5 Å². The van der Waals surface area contributed by atoms with Crippen LogP contribution in [0.4, 0.5) is 4.79 Å². The largest absolute Gasteiger partial charge is 0.480 e. The van der Waals surface area contributed by atoms with Gasteiger partial charge in [-0.15, -0.1) is 0 Å². The molecule has 34 heavy (non-hydrogen) atoms. The first-order chi connectivity index (χ1) is 16.3. The minimum Gasteiger partial charge on any atom is -0.480 e. The Bertz CT molecular complexity index is 1220. The van der Waals surface area contributed by atoms with Gasteiger partial charge in [0.05, 0.1) is 6.54 Å². The van der Waals surface area contributed by atoms with E-state index < -0.39 is 29.6 Å². The number of carbonyl (C=O) groups excluding carboxylic acids is 2. The number of alkyl carbamates (subject to hydrolysis) is 1. The molecule has 1 fully saturated rings. The first-order valence-corrected chi connectivity index (χ1v) is 11.0. The Morgan fingerprint density at radius 2 is 1.88 bits per heavy atom. The topological polar surface area (TPSA) is 131 Å². The van der Waals surface area contributed by atoms with E-state index in [1.54, 1.807) is 49.4 Å². The van der Waals surface area contributed by atoms with Gasteiger partial charge in [-0.3, -0.25) is 4.79 Å². The second-order valence-electron chi connectivity index (χ2n) is 8.03. The Hall–Kier alpha value is -3.85. The Balaban J connectivity index is 1.36. The number of carboxylic acid groups (broad SMARTS) is 1. The lowest BCUT2D eigenvalue weighted by molar-refractivity contribution is -0.140. The van der Waals surface area contributed by atoms with Crippen LogP contribution < -0.4 is 10.6 Å². The van der Waals surface area contributed by atoms with E-state index >= 15 is 0 Å². The molecule has 3 aromatic rings. The maximum atomic E-state index is 12.4. The molecule has 2 amide bonds. The van der Waals surface area contributed by atoms with Gasteiger partial charge in [-0.2, -0.15) is 0 Å². The summed E-state index contributed by atoms with van der Waals surface area (Å²) in [4.78, 5) is 35.9.